The highest BCUT2D eigenvalue weighted by molar-refractivity contribution is 5.31. The lowest BCUT2D eigenvalue weighted by Crippen LogP contribution is -2.36. The molecule has 4 unspecified atom stereocenters. The minimum Gasteiger partial charge on any atom is -0.403 e. The lowest BCUT2D eigenvalue weighted by atomic mass is 9.62. The molecule has 0 N–H and O–H groups in total. The first-order valence-electron chi connectivity index (χ1n) is 12.0. The Morgan fingerprint density at radius 3 is 2.10 bits per heavy atom. The molecular weight excluding hydrogens is 408 g/mol. The van der Waals surface area contributed by atoms with Crippen molar-refractivity contribution < 1.29 is 27.0 Å². The molecule has 31 heavy (non-hydrogen) atoms. The van der Waals surface area contributed by atoms with Gasteiger partial charge in [0.1, 0.15) is 0 Å². The van der Waals surface area contributed by atoms with Crippen LogP contribution in [0.2, 0.25) is 0 Å². The van der Waals surface area contributed by atoms with Gasteiger partial charge in [0, 0.05) is 6.61 Å². The lowest BCUT2D eigenvalue weighted by Gasteiger charge is -2.45. The number of rotatable bonds is 5. The van der Waals surface area contributed by atoms with E-state index in [1.165, 1.54) is 44.6 Å². The van der Waals surface area contributed by atoms with Gasteiger partial charge in [-0.1, -0.05) is 6.07 Å². The maximum Gasteiger partial charge on any atom is 0.573 e. The Morgan fingerprint density at radius 1 is 0.839 bits per heavy atom. The van der Waals surface area contributed by atoms with E-state index in [1.807, 2.05) is 0 Å². The maximum atomic E-state index is 14.1. The summed E-state index contributed by atoms with van der Waals surface area (Å²) in [7, 11) is 0. The molecule has 174 valence electrons. The predicted octanol–water partition coefficient (Wildman–Crippen LogP) is 7.62. The monoisotopic (exact) mass is 442 g/mol. The Hall–Kier alpha value is -1.30. The number of halogens is 4. The third-order valence-electron chi connectivity index (χ3n) is 8.10. The largest absolute Gasteiger partial charge is 0.573 e. The summed E-state index contributed by atoms with van der Waals surface area (Å²) in [5.74, 6) is 1.76. The van der Waals surface area contributed by atoms with Crippen LogP contribution >= 0.6 is 0 Å². The average molecular weight is 443 g/mol. The first-order valence-corrected chi connectivity index (χ1v) is 12.0. The highest BCUT2D eigenvalue weighted by Gasteiger charge is 2.39. The van der Waals surface area contributed by atoms with Gasteiger partial charge in [0.25, 0.3) is 0 Å². The molecule has 4 atom stereocenters. The van der Waals surface area contributed by atoms with E-state index in [9.17, 15) is 17.6 Å². The lowest BCUT2D eigenvalue weighted by molar-refractivity contribution is -0.275. The van der Waals surface area contributed by atoms with Crippen LogP contribution in [-0.2, 0) is 4.74 Å². The van der Waals surface area contributed by atoms with Gasteiger partial charge in [0.15, 0.2) is 11.6 Å². The molecule has 0 heterocycles. The SMILES string of the molecule is CCOC1CCC2CC(C3CCC(c4ccc(OC(F)(F)F)c(F)c4)CC3)CCC2C1. The molecule has 0 aromatic heterocycles. The minimum absolute atomic E-state index is 0.226. The number of benzene rings is 1. The molecule has 3 aliphatic carbocycles. The Labute approximate surface area is 182 Å². The first kappa shape index (κ1) is 22.9. The van der Waals surface area contributed by atoms with E-state index in [0.717, 1.165) is 67.6 Å². The zero-order valence-corrected chi connectivity index (χ0v) is 18.3. The van der Waals surface area contributed by atoms with Crippen LogP contribution in [0.3, 0.4) is 0 Å². The Kier molecular flexibility index (Phi) is 7.14. The summed E-state index contributed by atoms with van der Waals surface area (Å²) in [4.78, 5) is 0. The zero-order chi connectivity index (χ0) is 22.0. The van der Waals surface area contributed by atoms with Gasteiger partial charge in [0.05, 0.1) is 6.10 Å². The second-order valence-corrected chi connectivity index (χ2v) is 9.83. The fourth-order valence-corrected chi connectivity index (χ4v) is 6.60. The van der Waals surface area contributed by atoms with Gasteiger partial charge in [-0.2, -0.15) is 0 Å². The number of hydrogen-bond donors (Lipinski definition) is 0. The van der Waals surface area contributed by atoms with Gasteiger partial charge in [-0.15, -0.1) is 13.2 Å². The number of ether oxygens (including phenoxy) is 2. The summed E-state index contributed by atoms with van der Waals surface area (Å²) in [5, 5.41) is 0. The smallest absolute Gasteiger partial charge is 0.403 e. The second-order valence-electron chi connectivity index (χ2n) is 9.83. The van der Waals surface area contributed by atoms with E-state index in [-0.39, 0.29) is 5.92 Å². The third kappa shape index (κ3) is 5.74. The van der Waals surface area contributed by atoms with Crippen LogP contribution in [0, 0.1) is 29.5 Å². The van der Waals surface area contributed by atoms with Crippen LogP contribution in [0.1, 0.15) is 82.6 Å². The molecule has 0 spiro atoms. The van der Waals surface area contributed by atoms with Crippen LogP contribution in [-0.4, -0.2) is 19.1 Å². The summed E-state index contributed by atoms with van der Waals surface area (Å²) >= 11 is 0. The molecule has 3 aliphatic rings. The molecular formula is C25H34F4O2. The van der Waals surface area contributed by atoms with Gasteiger partial charge in [-0.3, -0.25) is 0 Å². The van der Waals surface area contributed by atoms with Gasteiger partial charge < -0.3 is 9.47 Å². The standard InChI is InChI=1S/C25H34F4O2/c1-2-30-22-11-9-19-13-18(7-8-20(19)14-22)16-3-5-17(6-4-16)21-10-12-24(23(26)15-21)31-25(27,28)29/h10,12,15-20,22H,2-9,11,13-14H2,1H3. The summed E-state index contributed by atoms with van der Waals surface area (Å²) in [5.41, 5.74) is 0.795. The Morgan fingerprint density at radius 2 is 1.45 bits per heavy atom. The van der Waals surface area contributed by atoms with Crippen molar-refractivity contribution in [1.29, 1.82) is 0 Å². The molecule has 0 amide bonds. The van der Waals surface area contributed by atoms with Crippen molar-refractivity contribution in [2.24, 2.45) is 23.7 Å². The zero-order valence-electron chi connectivity index (χ0n) is 18.3. The van der Waals surface area contributed by atoms with E-state index >= 15 is 0 Å². The van der Waals surface area contributed by atoms with Gasteiger partial charge >= 0.3 is 6.36 Å². The molecule has 4 rings (SSSR count). The summed E-state index contributed by atoms with van der Waals surface area (Å²) < 4.78 is 60.8. The van der Waals surface area contributed by atoms with E-state index in [4.69, 9.17) is 4.74 Å². The van der Waals surface area contributed by atoms with Crippen molar-refractivity contribution in [3.05, 3.63) is 29.6 Å². The van der Waals surface area contributed by atoms with Crippen molar-refractivity contribution in [2.75, 3.05) is 6.61 Å². The highest BCUT2D eigenvalue weighted by Crippen LogP contribution is 2.49. The summed E-state index contributed by atoms with van der Waals surface area (Å²) in [6.45, 7) is 2.90. The van der Waals surface area contributed by atoms with Crippen LogP contribution < -0.4 is 4.74 Å². The van der Waals surface area contributed by atoms with Crippen LogP contribution in [0.4, 0.5) is 17.6 Å². The van der Waals surface area contributed by atoms with Crippen molar-refractivity contribution in [2.45, 2.75) is 89.5 Å². The molecule has 0 bridgehead atoms. The highest BCUT2D eigenvalue weighted by atomic mass is 19.4. The summed E-state index contributed by atoms with van der Waals surface area (Å²) in [6, 6.07) is 3.94. The number of hydrogen-bond acceptors (Lipinski definition) is 2. The average Bonchev–Trinajstić information content (AvgIpc) is 2.74. The van der Waals surface area contributed by atoms with Crippen molar-refractivity contribution in [3.63, 3.8) is 0 Å². The van der Waals surface area contributed by atoms with E-state index in [0.29, 0.717) is 6.10 Å². The fourth-order valence-electron chi connectivity index (χ4n) is 6.60. The van der Waals surface area contributed by atoms with E-state index in [2.05, 4.69) is 11.7 Å². The van der Waals surface area contributed by atoms with Crippen LogP contribution in [0.25, 0.3) is 0 Å². The Bertz CT molecular complexity index is 727. The van der Waals surface area contributed by atoms with Gasteiger partial charge in [-0.05, 0) is 118 Å². The van der Waals surface area contributed by atoms with E-state index in [1.54, 1.807) is 6.07 Å². The molecule has 0 saturated heterocycles. The second kappa shape index (κ2) is 9.68. The van der Waals surface area contributed by atoms with Crippen molar-refractivity contribution in [1.82, 2.24) is 0 Å². The molecule has 2 nitrogen and oxygen atoms in total. The molecule has 6 heteroatoms. The van der Waals surface area contributed by atoms with E-state index < -0.39 is 17.9 Å². The normalized spacial score (nSPS) is 34.2. The quantitative estimate of drug-likeness (QED) is 0.437. The maximum absolute atomic E-state index is 14.1. The first-order chi connectivity index (χ1) is 14.8. The molecule has 3 saturated carbocycles. The van der Waals surface area contributed by atoms with Gasteiger partial charge in [0.2, 0.25) is 0 Å². The molecule has 1 aromatic rings. The molecule has 3 fully saturated rings. The topological polar surface area (TPSA) is 18.5 Å². The number of fused-ring (bicyclic) bond motifs is 1. The Balaban J connectivity index is 1.28. The van der Waals surface area contributed by atoms with Crippen molar-refractivity contribution in [3.8, 4) is 5.75 Å². The predicted molar refractivity (Wildman–Crippen MR) is 111 cm³/mol. The fraction of sp³-hybridized carbons (Fsp3) is 0.760. The third-order valence-corrected chi connectivity index (χ3v) is 8.10. The summed E-state index contributed by atoms with van der Waals surface area (Å²) in [6.07, 6.45) is 7.55. The minimum atomic E-state index is -4.87. The molecule has 0 aliphatic heterocycles. The van der Waals surface area contributed by atoms with Crippen LogP contribution in [0.15, 0.2) is 18.2 Å². The van der Waals surface area contributed by atoms with Gasteiger partial charge in [-0.25, -0.2) is 4.39 Å². The molecule has 1 aromatic carbocycles. The number of alkyl halides is 3. The van der Waals surface area contributed by atoms with Crippen molar-refractivity contribution >= 4 is 0 Å². The molecule has 0 radical (unpaired) electrons. The van der Waals surface area contributed by atoms with Crippen LogP contribution in [0.5, 0.6) is 5.75 Å².